The van der Waals surface area contributed by atoms with Gasteiger partial charge in [-0.3, -0.25) is 0 Å². The normalized spacial score (nSPS) is 10.5. The maximum atomic E-state index is 13.4. The molecule has 0 radical (unpaired) electrons. The quantitative estimate of drug-likeness (QED) is 0.942. The topological polar surface area (TPSA) is 42.7 Å². The summed E-state index contributed by atoms with van der Waals surface area (Å²) in [6.45, 7) is 0.594. The van der Waals surface area contributed by atoms with Crippen molar-refractivity contribution in [3.63, 3.8) is 0 Å². The van der Waals surface area contributed by atoms with E-state index in [2.05, 4.69) is 31.2 Å². The second-order valence-corrected chi connectivity index (χ2v) is 4.53. The second kappa shape index (κ2) is 5.27. The molecule has 0 aliphatic rings. The number of anilines is 1. The molecule has 0 saturated heterocycles. The number of nitrogens with one attached hydrogen (secondary N) is 1. The van der Waals surface area contributed by atoms with E-state index in [9.17, 15) is 4.39 Å². The van der Waals surface area contributed by atoms with Crippen LogP contribution < -0.4 is 5.32 Å². The van der Waals surface area contributed by atoms with Crippen LogP contribution in [-0.4, -0.2) is 21.1 Å². The van der Waals surface area contributed by atoms with Gasteiger partial charge in [-0.2, -0.15) is 0 Å². The molecular formula is C11H12BrFN4. The molecule has 2 rings (SSSR count). The van der Waals surface area contributed by atoms with Crippen molar-refractivity contribution in [1.82, 2.24) is 14.5 Å². The molecular weight excluding hydrogens is 287 g/mol. The van der Waals surface area contributed by atoms with E-state index in [-0.39, 0.29) is 11.6 Å². The largest absolute Gasteiger partial charge is 0.367 e. The van der Waals surface area contributed by atoms with E-state index in [0.717, 1.165) is 12.2 Å². The fraction of sp³-hybridized carbons (Fsp3) is 0.273. The molecule has 2 aromatic heterocycles. The third-order valence-corrected chi connectivity index (χ3v) is 2.80. The Balaban J connectivity index is 1.92. The van der Waals surface area contributed by atoms with E-state index < -0.39 is 0 Å². The molecule has 0 bridgehead atoms. The summed E-state index contributed by atoms with van der Waals surface area (Å²) in [5, 5.41) is 2.95. The summed E-state index contributed by atoms with van der Waals surface area (Å²) in [6, 6.07) is 1.39. The summed E-state index contributed by atoms with van der Waals surface area (Å²) < 4.78 is 16.0. The smallest absolute Gasteiger partial charge is 0.166 e. The highest BCUT2D eigenvalue weighted by Crippen LogP contribution is 2.15. The van der Waals surface area contributed by atoms with Crippen molar-refractivity contribution in [2.45, 2.75) is 6.42 Å². The molecule has 1 N–H and O–H groups in total. The fourth-order valence-electron chi connectivity index (χ4n) is 1.47. The van der Waals surface area contributed by atoms with Crippen LogP contribution in [0.3, 0.4) is 0 Å². The van der Waals surface area contributed by atoms with Crippen LogP contribution in [-0.2, 0) is 13.5 Å². The van der Waals surface area contributed by atoms with Crippen molar-refractivity contribution in [2.75, 3.05) is 11.9 Å². The van der Waals surface area contributed by atoms with Gasteiger partial charge >= 0.3 is 0 Å². The average molecular weight is 299 g/mol. The standard InChI is InChI=1S/C11H12BrFN4/c1-17-5-4-14-10(17)2-3-15-11-9(13)6-8(12)7-16-11/h4-7H,2-3H2,1H3,(H,15,16). The Morgan fingerprint density at radius 2 is 2.29 bits per heavy atom. The van der Waals surface area contributed by atoms with Crippen LogP contribution in [0, 0.1) is 5.82 Å². The van der Waals surface area contributed by atoms with Gasteiger partial charge in [-0.05, 0) is 22.0 Å². The van der Waals surface area contributed by atoms with Gasteiger partial charge in [-0.15, -0.1) is 0 Å². The lowest BCUT2D eigenvalue weighted by atomic mass is 10.4. The first kappa shape index (κ1) is 12.0. The van der Waals surface area contributed by atoms with Crippen molar-refractivity contribution in [1.29, 1.82) is 0 Å². The van der Waals surface area contributed by atoms with Crippen molar-refractivity contribution < 1.29 is 4.39 Å². The van der Waals surface area contributed by atoms with Gasteiger partial charge in [0.1, 0.15) is 5.82 Å². The maximum Gasteiger partial charge on any atom is 0.166 e. The number of hydrogen-bond acceptors (Lipinski definition) is 3. The third kappa shape index (κ3) is 3.03. The molecule has 4 nitrogen and oxygen atoms in total. The molecule has 0 aliphatic carbocycles. The highest BCUT2D eigenvalue weighted by molar-refractivity contribution is 9.10. The van der Waals surface area contributed by atoms with Gasteiger partial charge in [-0.25, -0.2) is 14.4 Å². The van der Waals surface area contributed by atoms with Gasteiger partial charge in [0.15, 0.2) is 11.6 Å². The third-order valence-electron chi connectivity index (χ3n) is 2.37. The molecule has 0 unspecified atom stereocenters. The molecule has 0 saturated carbocycles. The zero-order valence-corrected chi connectivity index (χ0v) is 10.9. The van der Waals surface area contributed by atoms with Gasteiger partial charge < -0.3 is 9.88 Å². The molecule has 6 heteroatoms. The van der Waals surface area contributed by atoms with Gasteiger partial charge in [0.2, 0.25) is 0 Å². The number of nitrogens with zero attached hydrogens (tertiary/aromatic N) is 3. The van der Waals surface area contributed by atoms with E-state index in [1.807, 2.05) is 17.8 Å². The summed E-state index contributed by atoms with van der Waals surface area (Å²) in [5.41, 5.74) is 0. The molecule has 0 spiro atoms. The predicted octanol–water partition coefficient (Wildman–Crippen LogP) is 2.37. The molecule has 0 fully saturated rings. The van der Waals surface area contributed by atoms with Crippen LogP contribution in [0.5, 0.6) is 0 Å². The second-order valence-electron chi connectivity index (χ2n) is 3.62. The first-order valence-electron chi connectivity index (χ1n) is 5.18. The highest BCUT2D eigenvalue weighted by atomic mass is 79.9. The molecule has 2 heterocycles. The first-order valence-corrected chi connectivity index (χ1v) is 5.97. The zero-order chi connectivity index (χ0) is 12.3. The number of pyridine rings is 1. The molecule has 0 atom stereocenters. The molecule has 0 aliphatic heterocycles. The van der Waals surface area contributed by atoms with Crippen LogP contribution in [0.25, 0.3) is 0 Å². The number of aryl methyl sites for hydroxylation is 1. The van der Waals surface area contributed by atoms with E-state index in [0.29, 0.717) is 11.0 Å². The van der Waals surface area contributed by atoms with Gasteiger partial charge in [0.25, 0.3) is 0 Å². The number of halogens is 2. The minimum absolute atomic E-state index is 0.266. The Labute approximate surface area is 107 Å². The SMILES string of the molecule is Cn1ccnc1CCNc1ncc(Br)cc1F. The van der Waals surface area contributed by atoms with Gasteiger partial charge in [-0.1, -0.05) is 0 Å². The lowest BCUT2D eigenvalue weighted by molar-refractivity contribution is 0.622. The number of aromatic nitrogens is 3. The summed E-state index contributed by atoms with van der Waals surface area (Å²) in [5.74, 6) is 0.858. The predicted molar refractivity (Wildman–Crippen MR) is 67.3 cm³/mol. The van der Waals surface area contributed by atoms with Crippen LogP contribution in [0.4, 0.5) is 10.2 Å². The van der Waals surface area contributed by atoms with Crippen LogP contribution in [0.1, 0.15) is 5.82 Å². The minimum Gasteiger partial charge on any atom is -0.367 e. The Hall–Kier alpha value is -1.43. The van der Waals surface area contributed by atoms with E-state index in [1.165, 1.54) is 6.07 Å². The highest BCUT2D eigenvalue weighted by Gasteiger charge is 2.04. The summed E-state index contributed by atoms with van der Waals surface area (Å²) in [6.07, 6.45) is 5.91. The Morgan fingerprint density at radius 1 is 1.47 bits per heavy atom. The Kier molecular flexibility index (Phi) is 3.73. The van der Waals surface area contributed by atoms with Crippen LogP contribution >= 0.6 is 15.9 Å². The van der Waals surface area contributed by atoms with E-state index in [1.54, 1.807) is 12.4 Å². The molecule has 2 aromatic rings. The summed E-state index contributed by atoms with van der Waals surface area (Å²) in [4.78, 5) is 8.14. The maximum absolute atomic E-state index is 13.4. The molecule has 0 aromatic carbocycles. The van der Waals surface area contributed by atoms with Gasteiger partial charge in [0.05, 0.1) is 0 Å². The average Bonchev–Trinajstić information content (AvgIpc) is 2.68. The van der Waals surface area contributed by atoms with E-state index >= 15 is 0 Å². The Bertz CT molecular complexity index is 512. The van der Waals surface area contributed by atoms with Crippen molar-refractivity contribution >= 4 is 21.7 Å². The number of hydrogen-bond donors (Lipinski definition) is 1. The van der Waals surface area contributed by atoms with Gasteiger partial charge in [0, 0.05) is 43.1 Å². The fourth-order valence-corrected chi connectivity index (χ4v) is 1.78. The van der Waals surface area contributed by atoms with Crippen LogP contribution in [0.15, 0.2) is 29.1 Å². The summed E-state index contributed by atoms with van der Waals surface area (Å²) >= 11 is 3.16. The lowest BCUT2D eigenvalue weighted by Gasteiger charge is -2.06. The Morgan fingerprint density at radius 3 is 2.94 bits per heavy atom. The minimum atomic E-state index is -0.362. The first-order chi connectivity index (χ1) is 8.16. The van der Waals surface area contributed by atoms with Crippen LogP contribution in [0.2, 0.25) is 0 Å². The molecule has 17 heavy (non-hydrogen) atoms. The van der Waals surface area contributed by atoms with Crippen molar-refractivity contribution in [3.05, 3.63) is 40.8 Å². The number of rotatable bonds is 4. The lowest BCUT2D eigenvalue weighted by Crippen LogP contribution is -2.10. The zero-order valence-electron chi connectivity index (χ0n) is 9.32. The summed E-state index contributed by atoms with van der Waals surface area (Å²) in [7, 11) is 1.93. The van der Waals surface area contributed by atoms with Crippen molar-refractivity contribution in [3.8, 4) is 0 Å². The monoisotopic (exact) mass is 298 g/mol. The van der Waals surface area contributed by atoms with Crippen molar-refractivity contribution in [2.24, 2.45) is 7.05 Å². The molecule has 0 amide bonds. The van der Waals surface area contributed by atoms with E-state index in [4.69, 9.17) is 0 Å². The molecule has 90 valence electrons. The number of imidazole rings is 1.